The smallest absolute Gasteiger partial charge is 0.120 e. The largest absolute Gasteiger partial charge is 0.490 e. The van der Waals surface area contributed by atoms with Gasteiger partial charge in [0.05, 0.1) is 0 Å². The van der Waals surface area contributed by atoms with Gasteiger partial charge in [0.15, 0.2) is 0 Å². The highest BCUT2D eigenvalue weighted by molar-refractivity contribution is 5.61. The highest BCUT2D eigenvalue weighted by atomic mass is 16.5. The average Bonchev–Trinajstić information content (AvgIpc) is 2.89. The fraction of sp³-hybridized carbons (Fsp3) is 0.500. The number of nitrogens with two attached hydrogens (primary N) is 2. The van der Waals surface area contributed by atoms with E-state index in [9.17, 15) is 0 Å². The van der Waals surface area contributed by atoms with E-state index in [1.54, 1.807) is 0 Å². The molecule has 0 heterocycles. The molecule has 2 aliphatic carbocycles. The Labute approximate surface area is 116 Å². The van der Waals surface area contributed by atoms with E-state index in [1.165, 1.54) is 18.2 Å². The van der Waals surface area contributed by atoms with Gasteiger partial charge in [0.1, 0.15) is 11.9 Å². The zero-order valence-corrected chi connectivity index (χ0v) is 12.2. The Morgan fingerprint density at radius 2 is 1.84 bits per heavy atom. The van der Waals surface area contributed by atoms with Gasteiger partial charge in [-0.05, 0) is 49.6 Å². The summed E-state index contributed by atoms with van der Waals surface area (Å²) in [5, 5.41) is 0. The molecule has 3 heteroatoms. The zero-order chi connectivity index (χ0) is 14.3. The number of ether oxygens (including phenoxy) is 1. The minimum Gasteiger partial charge on any atom is -0.490 e. The first-order valence-electron chi connectivity index (χ1n) is 7.11. The second kappa shape index (κ2) is 7.97. The summed E-state index contributed by atoms with van der Waals surface area (Å²) < 4.78 is 5.83. The lowest BCUT2D eigenvalue weighted by molar-refractivity contribution is 0.101. The van der Waals surface area contributed by atoms with E-state index >= 15 is 0 Å². The van der Waals surface area contributed by atoms with Crippen LogP contribution in [0.2, 0.25) is 0 Å². The number of rotatable bonds is 2. The van der Waals surface area contributed by atoms with E-state index < -0.39 is 0 Å². The van der Waals surface area contributed by atoms with E-state index in [4.69, 9.17) is 10.5 Å². The van der Waals surface area contributed by atoms with Gasteiger partial charge in [-0.25, -0.2) is 0 Å². The minimum absolute atomic E-state index is 0.337. The Morgan fingerprint density at radius 3 is 2.47 bits per heavy atom. The normalized spacial score (nSPS) is 22.2. The Kier molecular flexibility index (Phi) is 6.60. The molecule has 0 bridgehead atoms. The number of hydrogen-bond donors (Lipinski definition) is 2. The summed E-state index contributed by atoms with van der Waals surface area (Å²) in [5.41, 5.74) is 12.9. The van der Waals surface area contributed by atoms with Crippen LogP contribution in [0.4, 0.5) is 0 Å². The van der Waals surface area contributed by atoms with Crippen molar-refractivity contribution in [3.05, 3.63) is 35.4 Å². The Balaban J connectivity index is 0.000000415. The SMILES string of the molecule is CC.CN.NC1CC(Oc2ccc3c(c2)C=CC3)C1. The molecule has 0 amide bonds. The Hall–Kier alpha value is -1.32. The molecule has 0 aromatic heterocycles. The van der Waals surface area contributed by atoms with Gasteiger partial charge < -0.3 is 16.2 Å². The van der Waals surface area contributed by atoms with Crippen molar-refractivity contribution in [1.82, 2.24) is 0 Å². The van der Waals surface area contributed by atoms with Crippen LogP contribution in [0, 0.1) is 0 Å². The van der Waals surface area contributed by atoms with Gasteiger partial charge in [-0.15, -0.1) is 0 Å². The molecule has 0 spiro atoms. The van der Waals surface area contributed by atoms with E-state index in [-0.39, 0.29) is 0 Å². The van der Waals surface area contributed by atoms with Gasteiger partial charge in [0.2, 0.25) is 0 Å². The van der Waals surface area contributed by atoms with Crippen LogP contribution in [0.15, 0.2) is 24.3 Å². The molecule has 0 saturated heterocycles. The summed E-state index contributed by atoms with van der Waals surface area (Å²) in [6.07, 6.45) is 7.73. The van der Waals surface area contributed by atoms with Crippen LogP contribution in [-0.4, -0.2) is 19.2 Å². The third kappa shape index (κ3) is 4.08. The zero-order valence-electron chi connectivity index (χ0n) is 12.2. The number of hydrogen-bond acceptors (Lipinski definition) is 3. The summed E-state index contributed by atoms with van der Waals surface area (Å²) in [6, 6.07) is 6.70. The van der Waals surface area contributed by atoms with E-state index in [0.717, 1.165) is 25.0 Å². The molecule has 0 unspecified atom stereocenters. The third-order valence-corrected chi connectivity index (χ3v) is 3.19. The van der Waals surface area contributed by atoms with Crippen LogP contribution in [0.3, 0.4) is 0 Å². The number of allylic oxidation sites excluding steroid dienone is 1. The lowest BCUT2D eigenvalue weighted by Gasteiger charge is -2.32. The van der Waals surface area contributed by atoms with Crippen molar-refractivity contribution in [2.75, 3.05) is 7.05 Å². The van der Waals surface area contributed by atoms with Crippen molar-refractivity contribution < 1.29 is 4.74 Å². The molecular formula is C16H26N2O. The summed E-state index contributed by atoms with van der Waals surface area (Å²) in [6.45, 7) is 4.00. The van der Waals surface area contributed by atoms with Crippen LogP contribution in [0.1, 0.15) is 37.8 Å². The van der Waals surface area contributed by atoms with Gasteiger partial charge in [-0.2, -0.15) is 0 Å². The fourth-order valence-electron chi connectivity index (χ4n) is 2.20. The van der Waals surface area contributed by atoms with E-state index in [1.807, 2.05) is 13.8 Å². The monoisotopic (exact) mass is 262 g/mol. The molecule has 0 aliphatic heterocycles. The molecule has 1 saturated carbocycles. The van der Waals surface area contributed by atoms with Gasteiger partial charge in [0, 0.05) is 6.04 Å². The van der Waals surface area contributed by atoms with E-state index in [0.29, 0.717) is 12.1 Å². The van der Waals surface area contributed by atoms with Gasteiger partial charge >= 0.3 is 0 Å². The van der Waals surface area contributed by atoms with E-state index in [2.05, 4.69) is 36.1 Å². The molecule has 4 N–H and O–H groups in total. The maximum atomic E-state index is 5.83. The van der Waals surface area contributed by atoms with Crippen LogP contribution in [-0.2, 0) is 6.42 Å². The molecule has 3 rings (SSSR count). The Morgan fingerprint density at radius 1 is 1.16 bits per heavy atom. The second-order valence-electron chi connectivity index (χ2n) is 4.44. The fourth-order valence-corrected chi connectivity index (χ4v) is 2.20. The van der Waals surface area contributed by atoms with Crippen molar-refractivity contribution in [2.45, 2.75) is 45.3 Å². The van der Waals surface area contributed by atoms with Crippen molar-refractivity contribution in [3.63, 3.8) is 0 Å². The van der Waals surface area contributed by atoms with Crippen molar-refractivity contribution in [1.29, 1.82) is 0 Å². The summed E-state index contributed by atoms with van der Waals surface area (Å²) in [7, 11) is 1.50. The number of fused-ring (bicyclic) bond motifs is 1. The maximum absolute atomic E-state index is 5.83. The van der Waals surface area contributed by atoms with Crippen LogP contribution in [0.25, 0.3) is 6.08 Å². The molecule has 0 atom stereocenters. The Bertz CT molecular complexity index is 409. The van der Waals surface area contributed by atoms with Crippen LogP contribution in [0.5, 0.6) is 5.75 Å². The van der Waals surface area contributed by atoms with Crippen molar-refractivity contribution in [2.24, 2.45) is 11.5 Å². The molecule has 1 fully saturated rings. The molecule has 19 heavy (non-hydrogen) atoms. The first-order valence-corrected chi connectivity index (χ1v) is 7.11. The van der Waals surface area contributed by atoms with Crippen molar-refractivity contribution in [3.8, 4) is 5.75 Å². The third-order valence-electron chi connectivity index (χ3n) is 3.19. The predicted octanol–water partition coefficient (Wildman–Crippen LogP) is 2.73. The summed E-state index contributed by atoms with van der Waals surface area (Å²) in [5.74, 6) is 0.984. The molecule has 2 aliphatic rings. The van der Waals surface area contributed by atoms with Gasteiger partial charge in [0.25, 0.3) is 0 Å². The topological polar surface area (TPSA) is 61.3 Å². The highest BCUT2D eigenvalue weighted by Gasteiger charge is 2.27. The molecule has 0 radical (unpaired) electrons. The van der Waals surface area contributed by atoms with Gasteiger partial charge in [-0.1, -0.05) is 32.1 Å². The second-order valence-corrected chi connectivity index (χ2v) is 4.44. The first kappa shape index (κ1) is 15.7. The molecule has 106 valence electrons. The lowest BCUT2D eigenvalue weighted by Crippen LogP contribution is -2.43. The predicted molar refractivity (Wildman–Crippen MR) is 82.3 cm³/mol. The minimum atomic E-state index is 0.337. The lowest BCUT2D eigenvalue weighted by atomic mass is 9.90. The number of benzene rings is 1. The molecule has 3 nitrogen and oxygen atoms in total. The summed E-state index contributed by atoms with van der Waals surface area (Å²) in [4.78, 5) is 0. The molecule has 1 aromatic carbocycles. The molecular weight excluding hydrogens is 236 g/mol. The highest BCUT2D eigenvalue weighted by Crippen LogP contribution is 2.28. The average molecular weight is 262 g/mol. The quantitative estimate of drug-likeness (QED) is 0.861. The standard InChI is InChI=1S/C13H15NO.C2H6.CH5N/c14-11-7-13(8-11)15-12-5-4-9-2-1-3-10(9)6-12;2*1-2/h1,3-6,11,13H,2,7-8,14H2;1-2H3;2H2,1H3. The van der Waals surface area contributed by atoms with Gasteiger partial charge in [-0.3, -0.25) is 0 Å². The van der Waals surface area contributed by atoms with Crippen LogP contribution < -0.4 is 16.2 Å². The van der Waals surface area contributed by atoms with Crippen molar-refractivity contribution >= 4 is 6.08 Å². The first-order chi connectivity index (χ1) is 9.31. The maximum Gasteiger partial charge on any atom is 0.120 e. The summed E-state index contributed by atoms with van der Waals surface area (Å²) >= 11 is 0. The molecule has 1 aromatic rings. The van der Waals surface area contributed by atoms with Crippen LogP contribution >= 0.6 is 0 Å².